The van der Waals surface area contributed by atoms with Crippen molar-refractivity contribution >= 4 is 22.0 Å². The summed E-state index contributed by atoms with van der Waals surface area (Å²) in [7, 11) is 0. The maximum Gasteiger partial charge on any atom is 0.123 e. The zero-order valence-corrected chi connectivity index (χ0v) is 15.2. The van der Waals surface area contributed by atoms with Gasteiger partial charge in [-0.2, -0.15) is 0 Å². The number of allylic oxidation sites excluding steroid dienone is 1. The van der Waals surface area contributed by atoms with Crippen LogP contribution >= 0.6 is 15.9 Å². The monoisotopic (exact) mass is 363 g/mol. The summed E-state index contributed by atoms with van der Waals surface area (Å²) in [6.45, 7) is 8.32. The summed E-state index contributed by atoms with van der Waals surface area (Å²) in [4.78, 5) is 4.23. The largest absolute Gasteiger partial charge is 0.255 e. The molecular formula is C19H23BrFN. The van der Waals surface area contributed by atoms with Crippen molar-refractivity contribution in [1.29, 1.82) is 0 Å². The van der Waals surface area contributed by atoms with Crippen LogP contribution in [0.1, 0.15) is 49.9 Å². The van der Waals surface area contributed by atoms with Gasteiger partial charge >= 0.3 is 0 Å². The summed E-state index contributed by atoms with van der Waals surface area (Å²) in [5.74, 6) is 0.382. The van der Waals surface area contributed by atoms with E-state index >= 15 is 0 Å². The van der Waals surface area contributed by atoms with Crippen molar-refractivity contribution in [2.75, 3.05) is 0 Å². The Kier molecular flexibility index (Phi) is 8.03. The molecule has 1 aromatic carbocycles. The molecule has 2 aromatic rings. The first-order valence-electron chi connectivity index (χ1n) is 7.48. The third-order valence-corrected chi connectivity index (χ3v) is 3.90. The van der Waals surface area contributed by atoms with Gasteiger partial charge in [-0.05, 0) is 77.5 Å². The van der Waals surface area contributed by atoms with E-state index in [4.69, 9.17) is 0 Å². The normalized spacial score (nSPS) is 11.9. The molecule has 2 rings (SSSR count). The second-order valence-corrected chi connectivity index (χ2v) is 6.13. The van der Waals surface area contributed by atoms with Crippen molar-refractivity contribution < 1.29 is 4.39 Å². The lowest BCUT2D eigenvalue weighted by Crippen LogP contribution is -1.90. The first kappa shape index (κ1) is 18.6. The number of benzene rings is 1. The van der Waals surface area contributed by atoms with Crippen LogP contribution in [0.25, 0.3) is 6.08 Å². The van der Waals surface area contributed by atoms with Crippen LogP contribution in [0.2, 0.25) is 0 Å². The molecule has 0 bridgehead atoms. The second kappa shape index (κ2) is 9.52. The molecular weight excluding hydrogens is 341 g/mol. The maximum absolute atomic E-state index is 12.5. The summed E-state index contributed by atoms with van der Waals surface area (Å²) >= 11 is 3.36. The first-order valence-corrected chi connectivity index (χ1v) is 8.27. The van der Waals surface area contributed by atoms with Gasteiger partial charge in [-0.3, -0.25) is 4.98 Å². The number of hydrogen-bond donors (Lipinski definition) is 0. The van der Waals surface area contributed by atoms with Gasteiger partial charge in [-0.1, -0.05) is 32.1 Å². The molecule has 0 amide bonds. The lowest BCUT2D eigenvalue weighted by Gasteiger charge is -2.07. The molecule has 0 saturated heterocycles. The predicted molar refractivity (Wildman–Crippen MR) is 96.5 cm³/mol. The molecule has 1 heterocycles. The fourth-order valence-corrected chi connectivity index (χ4v) is 2.36. The Morgan fingerprint density at radius 3 is 2.41 bits per heavy atom. The van der Waals surface area contributed by atoms with Crippen molar-refractivity contribution in [2.45, 2.75) is 40.0 Å². The Hall–Kier alpha value is -1.48. The van der Waals surface area contributed by atoms with E-state index in [0.29, 0.717) is 5.92 Å². The standard InChI is InChI=1S/C10H13F.C9H10BrN/c1-3-8(2)9-4-6-10(11)7-5-9;1-3-4-9-7(2)5-8(10)6-11-9/h4-8H,3H2,1-2H3;3-6H,1-2H3/b;4-3-. The molecule has 3 heteroatoms. The third-order valence-electron chi connectivity index (χ3n) is 3.46. The quantitative estimate of drug-likeness (QED) is 0.604. The summed E-state index contributed by atoms with van der Waals surface area (Å²) in [6, 6.07) is 8.79. The van der Waals surface area contributed by atoms with Crippen molar-refractivity contribution in [3.8, 4) is 0 Å². The van der Waals surface area contributed by atoms with Crippen LogP contribution in [0.5, 0.6) is 0 Å². The Morgan fingerprint density at radius 2 is 1.91 bits per heavy atom. The molecule has 0 N–H and O–H groups in total. The van der Waals surface area contributed by atoms with Crippen LogP contribution in [0.15, 0.2) is 47.1 Å². The molecule has 0 saturated carbocycles. The number of hydrogen-bond acceptors (Lipinski definition) is 1. The SMILES string of the molecule is C/C=C\c1ncc(Br)cc1C.CCC(C)c1ccc(F)cc1. The van der Waals surface area contributed by atoms with E-state index in [-0.39, 0.29) is 5.82 Å². The molecule has 1 unspecified atom stereocenters. The topological polar surface area (TPSA) is 12.9 Å². The Labute approximate surface area is 141 Å². The van der Waals surface area contributed by atoms with E-state index in [1.165, 1.54) is 23.3 Å². The Morgan fingerprint density at radius 1 is 1.27 bits per heavy atom. The van der Waals surface area contributed by atoms with Crippen LogP contribution in [0.3, 0.4) is 0 Å². The number of nitrogens with zero attached hydrogens (tertiary/aromatic N) is 1. The maximum atomic E-state index is 12.5. The smallest absolute Gasteiger partial charge is 0.123 e. The fourth-order valence-electron chi connectivity index (χ4n) is 1.91. The van der Waals surface area contributed by atoms with E-state index < -0.39 is 0 Å². The predicted octanol–water partition coefficient (Wildman–Crippen LogP) is 6.52. The molecule has 22 heavy (non-hydrogen) atoms. The molecule has 0 aliphatic heterocycles. The van der Waals surface area contributed by atoms with Crippen LogP contribution < -0.4 is 0 Å². The van der Waals surface area contributed by atoms with Gasteiger partial charge in [0.15, 0.2) is 0 Å². The summed E-state index contributed by atoms with van der Waals surface area (Å²) in [5.41, 5.74) is 3.45. The molecule has 1 atom stereocenters. The zero-order chi connectivity index (χ0) is 16.5. The number of halogens is 2. The average Bonchev–Trinajstić information content (AvgIpc) is 2.51. The molecule has 0 aliphatic carbocycles. The van der Waals surface area contributed by atoms with E-state index in [1.807, 2.05) is 44.3 Å². The number of aromatic nitrogens is 1. The van der Waals surface area contributed by atoms with Gasteiger partial charge in [0.25, 0.3) is 0 Å². The Balaban J connectivity index is 0.000000220. The van der Waals surface area contributed by atoms with Crippen LogP contribution in [-0.2, 0) is 0 Å². The highest BCUT2D eigenvalue weighted by molar-refractivity contribution is 9.10. The molecule has 0 spiro atoms. The van der Waals surface area contributed by atoms with E-state index in [9.17, 15) is 4.39 Å². The van der Waals surface area contributed by atoms with E-state index in [1.54, 1.807) is 0 Å². The van der Waals surface area contributed by atoms with Gasteiger partial charge < -0.3 is 0 Å². The summed E-state index contributed by atoms with van der Waals surface area (Å²) in [6.07, 6.45) is 6.90. The molecule has 118 valence electrons. The van der Waals surface area contributed by atoms with E-state index in [0.717, 1.165) is 16.6 Å². The van der Waals surface area contributed by atoms with Crippen molar-refractivity contribution in [3.05, 3.63) is 69.7 Å². The highest BCUT2D eigenvalue weighted by Gasteiger charge is 2.01. The zero-order valence-electron chi connectivity index (χ0n) is 13.6. The highest BCUT2D eigenvalue weighted by Crippen LogP contribution is 2.18. The number of rotatable bonds is 3. The first-order chi connectivity index (χ1) is 10.5. The van der Waals surface area contributed by atoms with Crippen LogP contribution in [-0.4, -0.2) is 4.98 Å². The summed E-state index contributed by atoms with van der Waals surface area (Å²) < 4.78 is 13.5. The van der Waals surface area contributed by atoms with Gasteiger partial charge in [0, 0.05) is 10.7 Å². The molecule has 1 aromatic heterocycles. The third kappa shape index (κ3) is 6.10. The van der Waals surface area contributed by atoms with Crippen molar-refractivity contribution in [2.24, 2.45) is 0 Å². The molecule has 1 nitrogen and oxygen atoms in total. The lowest BCUT2D eigenvalue weighted by molar-refractivity contribution is 0.625. The van der Waals surface area contributed by atoms with Crippen LogP contribution in [0.4, 0.5) is 4.39 Å². The van der Waals surface area contributed by atoms with Gasteiger partial charge in [0.2, 0.25) is 0 Å². The van der Waals surface area contributed by atoms with Gasteiger partial charge in [0.1, 0.15) is 5.82 Å². The molecule has 0 fully saturated rings. The lowest BCUT2D eigenvalue weighted by atomic mass is 9.99. The minimum Gasteiger partial charge on any atom is -0.255 e. The molecule has 0 aliphatic rings. The van der Waals surface area contributed by atoms with Crippen molar-refractivity contribution in [3.63, 3.8) is 0 Å². The van der Waals surface area contributed by atoms with Crippen LogP contribution in [0, 0.1) is 12.7 Å². The number of pyridine rings is 1. The second-order valence-electron chi connectivity index (χ2n) is 5.22. The van der Waals surface area contributed by atoms with Gasteiger partial charge in [0.05, 0.1) is 5.69 Å². The average molecular weight is 364 g/mol. The van der Waals surface area contributed by atoms with Gasteiger partial charge in [-0.15, -0.1) is 0 Å². The molecule has 0 radical (unpaired) electrons. The minimum atomic E-state index is -0.156. The highest BCUT2D eigenvalue weighted by atomic mass is 79.9. The van der Waals surface area contributed by atoms with E-state index in [2.05, 4.69) is 40.8 Å². The number of aryl methyl sites for hydroxylation is 1. The minimum absolute atomic E-state index is 0.156. The van der Waals surface area contributed by atoms with Crippen molar-refractivity contribution in [1.82, 2.24) is 4.98 Å². The fraction of sp³-hybridized carbons (Fsp3) is 0.316. The Bertz CT molecular complexity index is 605. The van der Waals surface area contributed by atoms with Gasteiger partial charge in [-0.25, -0.2) is 4.39 Å². The summed E-state index contributed by atoms with van der Waals surface area (Å²) in [5, 5.41) is 0.